The second-order valence-corrected chi connectivity index (χ2v) is 8.51. The molecule has 0 radical (unpaired) electrons. The van der Waals surface area contributed by atoms with E-state index in [0.29, 0.717) is 23.2 Å². The normalized spacial score (nSPS) is 10.9. The van der Waals surface area contributed by atoms with Crippen LogP contribution >= 0.6 is 0 Å². The minimum atomic E-state index is -0.227. The van der Waals surface area contributed by atoms with Gasteiger partial charge in [0.05, 0.1) is 5.69 Å². The molecule has 9 nitrogen and oxygen atoms in total. The van der Waals surface area contributed by atoms with Crippen molar-refractivity contribution in [2.24, 2.45) is 22.1 Å². The Hall–Kier alpha value is -3.98. The van der Waals surface area contributed by atoms with Crippen LogP contribution in [0.5, 0.6) is 0 Å². The summed E-state index contributed by atoms with van der Waals surface area (Å²) in [4.78, 5) is 18.2. The van der Waals surface area contributed by atoms with Gasteiger partial charge in [-0.25, -0.2) is 0 Å². The van der Waals surface area contributed by atoms with Crippen LogP contribution in [0.4, 0.5) is 23.0 Å². The molecule has 0 bridgehead atoms. The minimum Gasteiger partial charge on any atom is -0.371 e. The standard InChI is InChI=1S/C24H30N8O/c1-7-10-32-23(13-26)22(12-25)28-24(32)30-29-20-9-8-19(11-21(20)27-18(6)33)31(14-16(2)3)15-17(4)5/h7-9,11,16-17H,1,10,14-15H2,2-6H3,(H,27,33). The number of carbonyl (C=O) groups is 1. The van der Waals surface area contributed by atoms with Gasteiger partial charge in [0.2, 0.25) is 5.91 Å². The van der Waals surface area contributed by atoms with Crippen molar-refractivity contribution in [2.75, 3.05) is 23.3 Å². The molecule has 33 heavy (non-hydrogen) atoms. The molecule has 0 aliphatic heterocycles. The maximum atomic E-state index is 11.8. The molecule has 0 aliphatic carbocycles. The lowest BCUT2D eigenvalue weighted by molar-refractivity contribution is -0.114. The van der Waals surface area contributed by atoms with E-state index in [1.807, 2.05) is 24.3 Å². The van der Waals surface area contributed by atoms with Crippen LogP contribution in [0.1, 0.15) is 46.0 Å². The average Bonchev–Trinajstić information content (AvgIpc) is 3.08. The van der Waals surface area contributed by atoms with Crippen LogP contribution in [0.25, 0.3) is 0 Å². The first kappa shape index (κ1) is 25.3. The van der Waals surface area contributed by atoms with Gasteiger partial charge < -0.3 is 10.2 Å². The maximum Gasteiger partial charge on any atom is 0.252 e. The largest absolute Gasteiger partial charge is 0.371 e. The van der Waals surface area contributed by atoms with Crippen LogP contribution in [-0.4, -0.2) is 28.5 Å². The zero-order valence-electron chi connectivity index (χ0n) is 19.8. The molecule has 0 saturated heterocycles. The molecule has 1 N–H and O–H groups in total. The molecule has 0 fully saturated rings. The Balaban J connectivity index is 2.51. The molecule has 0 saturated carbocycles. The molecule has 1 aromatic carbocycles. The number of hydrogen-bond acceptors (Lipinski definition) is 7. The topological polar surface area (TPSA) is 122 Å². The number of anilines is 2. The maximum absolute atomic E-state index is 11.8. The smallest absolute Gasteiger partial charge is 0.252 e. The Kier molecular flexibility index (Phi) is 8.88. The van der Waals surface area contributed by atoms with Crippen molar-refractivity contribution in [3.8, 4) is 12.1 Å². The lowest BCUT2D eigenvalue weighted by atomic mass is 10.1. The van der Waals surface area contributed by atoms with Crippen LogP contribution in [-0.2, 0) is 11.3 Å². The van der Waals surface area contributed by atoms with E-state index in [-0.39, 0.29) is 29.8 Å². The molecule has 1 amide bonds. The fraction of sp³-hybridized carbons (Fsp3) is 0.417. The molecular weight excluding hydrogens is 416 g/mol. The van der Waals surface area contributed by atoms with Crippen LogP contribution in [0, 0.1) is 34.5 Å². The molecule has 0 spiro atoms. The van der Waals surface area contributed by atoms with E-state index < -0.39 is 0 Å². The number of benzene rings is 1. The van der Waals surface area contributed by atoms with Crippen molar-refractivity contribution < 1.29 is 4.79 Å². The van der Waals surface area contributed by atoms with Crippen LogP contribution < -0.4 is 10.2 Å². The highest BCUT2D eigenvalue weighted by Gasteiger charge is 2.17. The van der Waals surface area contributed by atoms with Gasteiger partial charge in [-0.15, -0.1) is 16.8 Å². The Morgan fingerprint density at radius 2 is 1.88 bits per heavy atom. The number of imidazole rings is 1. The third-order valence-corrected chi connectivity index (χ3v) is 4.55. The third kappa shape index (κ3) is 6.75. The van der Waals surface area contributed by atoms with Crippen molar-refractivity contribution in [1.29, 1.82) is 10.5 Å². The minimum absolute atomic E-state index is 0.0243. The highest BCUT2D eigenvalue weighted by atomic mass is 16.1. The van der Waals surface area contributed by atoms with Crippen molar-refractivity contribution in [3.63, 3.8) is 0 Å². The Bertz CT molecular complexity index is 1100. The zero-order valence-corrected chi connectivity index (χ0v) is 19.8. The first-order valence-corrected chi connectivity index (χ1v) is 10.8. The second-order valence-electron chi connectivity index (χ2n) is 8.51. The number of amides is 1. The molecule has 9 heteroatoms. The number of nitrogens with zero attached hydrogens (tertiary/aromatic N) is 7. The summed E-state index contributed by atoms with van der Waals surface area (Å²) >= 11 is 0. The summed E-state index contributed by atoms with van der Waals surface area (Å²) in [5, 5.41) is 29.9. The predicted octanol–water partition coefficient (Wildman–Crippen LogP) is 5.30. The Labute approximate surface area is 195 Å². The Morgan fingerprint density at radius 3 is 2.39 bits per heavy atom. The van der Waals surface area contributed by atoms with E-state index in [1.54, 1.807) is 12.1 Å². The zero-order chi connectivity index (χ0) is 24.5. The molecule has 1 aromatic heterocycles. The average molecular weight is 447 g/mol. The van der Waals surface area contributed by atoms with Gasteiger partial charge in [0.15, 0.2) is 11.4 Å². The molecule has 0 aliphatic rings. The van der Waals surface area contributed by atoms with Gasteiger partial charge in [-0.1, -0.05) is 33.8 Å². The van der Waals surface area contributed by atoms with Crippen molar-refractivity contribution in [1.82, 2.24) is 9.55 Å². The van der Waals surface area contributed by atoms with E-state index >= 15 is 0 Å². The first-order valence-electron chi connectivity index (χ1n) is 10.8. The number of carbonyl (C=O) groups excluding carboxylic acids is 1. The fourth-order valence-electron chi connectivity index (χ4n) is 3.37. The number of aromatic nitrogens is 2. The highest BCUT2D eigenvalue weighted by molar-refractivity contribution is 5.93. The summed E-state index contributed by atoms with van der Waals surface area (Å²) in [6.07, 6.45) is 1.58. The monoisotopic (exact) mass is 446 g/mol. The van der Waals surface area contributed by atoms with Crippen molar-refractivity contribution >= 4 is 28.9 Å². The molecule has 0 unspecified atom stereocenters. The summed E-state index contributed by atoms with van der Waals surface area (Å²) < 4.78 is 1.47. The van der Waals surface area contributed by atoms with Crippen LogP contribution in [0.2, 0.25) is 0 Å². The number of hydrogen-bond donors (Lipinski definition) is 1. The quantitative estimate of drug-likeness (QED) is 0.392. The first-order chi connectivity index (χ1) is 15.7. The number of allylic oxidation sites excluding steroid dienone is 1. The van der Waals surface area contributed by atoms with E-state index in [4.69, 9.17) is 0 Å². The number of azo groups is 1. The Morgan fingerprint density at radius 1 is 1.21 bits per heavy atom. The van der Waals surface area contributed by atoms with E-state index in [0.717, 1.165) is 18.8 Å². The number of nitrogens with one attached hydrogen (secondary N) is 1. The molecule has 2 rings (SSSR count). The van der Waals surface area contributed by atoms with Gasteiger partial charge in [-0.3, -0.25) is 9.36 Å². The second kappa shape index (κ2) is 11.6. The number of nitriles is 2. The van der Waals surface area contributed by atoms with Gasteiger partial charge in [0, 0.05) is 32.2 Å². The molecule has 0 atom stereocenters. The van der Waals surface area contributed by atoms with E-state index in [9.17, 15) is 15.3 Å². The number of rotatable bonds is 10. The summed E-state index contributed by atoms with van der Waals surface area (Å²) in [6.45, 7) is 15.8. The predicted molar refractivity (Wildman–Crippen MR) is 129 cm³/mol. The summed E-state index contributed by atoms with van der Waals surface area (Å²) in [7, 11) is 0. The SMILES string of the molecule is C=CCn1c(N=Nc2ccc(N(CC(C)C)CC(C)C)cc2NC(C)=O)nc(C#N)c1C#N. The van der Waals surface area contributed by atoms with Gasteiger partial charge >= 0.3 is 0 Å². The van der Waals surface area contributed by atoms with E-state index in [2.05, 4.69) is 59.7 Å². The summed E-state index contributed by atoms with van der Waals surface area (Å²) in [5.74, 6) is 0.830. The molecular formula is C24H30N8O. The van der Waals surface area contributed by atoms with Gasteiger partial charge in [-0.05, 0) is 30.0 Å². The molecule has 2 aromatic rings. The lowest BCUT2D eigenvalue weighted by Gasteiger charge is -2.29. The van der Waals surface area contributed by atoms with Crippen LogP contribution in [0.3, 0.4) is 0 Å². The summed E-state index contributed by atoms with van der Waals surface area (Å²) in [6, 6.07) is 9.49. The van der Waals surface area contributed by atoms with Crippen molar-refractivity contribution in [2.45, 2.75) is 41.2 Å². The summed E-state index contributed by atoms with van der Waals surface area (Å²) in [5.41, 5.74) is 2.01. The third-order valence-electron chi connectivity index (χ3n) is 4.55. The molecule has 1 heterocycles. The fourth-order valence-corrected chi connectivity index (χ4v) is 3.37. The highest BCUT2D eigenvalue weighted by Crippen LogP contribution is 2.32. The van der Waals surface area contributed by atoms with Gasteiger partial charge in [0.1, 0.15) is 17.8 Å². The molecule has 172 valence electrons. The van der Waals surface area contributed by atoms with Crippen LogP contribution in [0.15, 0.2) is 41.1 Å². The van der Waals surface area contributed by atoms with Gasteiger partial charge in [-0.2, -0.15) is 15.5 Å². The van der Waals surface area contributed by atoms with E-state index in [1.165, 1.54) is 11.5 Å². The lowest BCUT2D eigenvalue weighted by Crippen LogP contribution is -2.31. The van der Waals surface area contributed by atoms with Gasteiger partial charge in [0.25, 0.3) is 5.95 Å². The van der Waals surface area contributed by atoms with Crippen molar-refractivity contribution in [3.05, 3.63) is 42.2 Å².